The molecule has 2 fully saturated rings. The van der Waals surface area contributed by atoms with E-state index >= 15 is 0 Å². The van der Waals surface area contributed by atoms with Crippen molar-refractivity contribution in [3.8, 4) is 0 Å². The van der Waals surface area contributed by atoms with Crippen molar-refractivity contribution in [2.24, 2.45) is 0 Å². The monoisotopic (exact) mass is 482 g/mol. The predicted octanol–water partition coefficient (Wildman–Crippen LogP) is 3.45. The second kappa shape index (κ2) is 13.5. The molecule has 0 saturated heterocycles. The fraction of sp³-hybridized carbons (Fsp3) is 0.762. The van der Waals surface area contributed by atoms with E-state index in [9.17, 15) is 0 Å². The molecule has 2 saturated carbocycles. The zero-order valence-corrected chi connectivity index (χ0v) is 19.8. The van der Waals surface area contributed by atoms with Crippen LogP contribution in [0.15, 0.2) is 18.2 Å². The van der Waals surface area contributed by atoms with Gasteiger partial charge in [0.15, 0.2) is 0 Å². The first-order valence-corrected chi connectivity index (χ1v) is 14.3. The standard InChI is InChI=1S/C21H35N5.2ClH.Mn/c1-3-10-20-18(8-1)22-12-13-23-19-9-2-4-11-21(19)25-15-17-7-5-6-16(26-17)14-24-20;;;/h5-7,18-25H,1-4,8-15H2;2*1H;/q;;;+2/p-2/t18-,19-,20-,21-;;;/m0.../s1. The Kier molecular flexibility index (Phi) is 11.0. The summed E-state index contributed by atoms with van der Waals surface area (Å²) >= 11 is 0.00694. The van der Waals surface area contributed by atoms with Crippen LogP contribution in [-0.2, 0) is 26.2 Å². The Hall–Kier alpha value is 0.0895. The summed E-state index contributed by atoms with van der Waals surface area (Å²) in [7, 11) is 9.59. The fourth-order valence-corrected chi connectivity index (χ4v) is 4.95. The van der Waals surface area contributed by atoms with E-state index in [2.05, 4.69) is 39.5 Å². The normalized spacial score (nSPS) is 31.1. The van der Waals surface area contributed by atoms with Crippen LogP contribution in [0.4, 0.5) is 0 Å². The summed E-state index contributed by atoms with van der Waals surface area (Å²) < 4.78 is 0. The summed E-state index contributed by atoms with van der Waals surface area (Å²) in [5.41, 5.74) is 2.34. The van der Waals surface area contributed by atoms with Crippen LogP contribution >= 0.6 is 20.2 Å². The van der Waals surface area contributed by atoms with Gasteiger partial charge in [-0.15, -0.1) is 0 Å². The van der Waals surface area contributed by atoms with Gasteiger partial charge in [-0.05, 0) is 37.8 Å². The van der Waals surface area contributed by atoms with Crippen LogP contribution in [0, 0.1) is 0 Å². The molecule has 5 nitrogen and oxygen atoms in total. The van der Waals surface area contributed by atoms with Gasteiger partial charge in [-0.3, -0.25) is 4.98 Å². The second-order valence-corrected chi connectivity index (χ2v) is 10.3. The molecule has 1 aromatic rings. The van der Waals surface area contributed by atoms with Crippen molar-refractivity contribution in [3.05, 3.63) is 29.6 Å². The van der Waals surface area contributed by atoms with E-state index in [4.69, 9.17) is 25.2 Å². The van der Waals surface area contributed by atoms with Crippen LogP contribution in [0.3, 0.4) is 0 Å². The van der Waals surface area contributed by atoms with Gasteiger partial charge in [0.2, 0.25) is 0 Å². The number of hydrogen-bond acceptors (Lipinski definition) is 5. The van der Waals surface area contributed by atoms with Gasteiger partial charge in [0, 0.05) is 50.3 Å². The minimum Gasteiger partial charge on any atom is -0.311 e. The van der Waals surface area contributed by atoms with E-state index < -0.39 is 0 Å². The molecule has 2 aliphatic carbocycles. The minimum absolute atomic E-state index is 0.00694. The van der Waals surface area contributed by atoms with Crippen LogP contribution in [-0.4, -0.2) is 42.2 Å². The number of nitrogens with one attached hydrogen (secondary N) is 4. The third-order valence-electron chi connectivity index (χ3n) is 6.43. The van der Waals surface area contributed by atoms with Crippen LogP contribution in [0.2, 0.25) is 0 Å². The van der Waals surface area contributed by atoms with E-state index in [1.807, 2.05) is 0 Å². The summed E-state index contributed by atoms with van der Waals surface area (Å²) in [4.78, 5) is 4.89. The molecule has 0 spiro atoms. The van der Waals surface area contributed by atoms with Gasteiger partial charge in [0.1, 0.15) is 0 Å². The average molecular weight is 483 g/mol. The molecule has 165 valence electrons. The van der Waals surface area contributed by atoms with E-state index in [0.29, 0.717) is 24.2 Å². The third-order valence-corrected chi connectivity index (χ3v) is 6.43. The zero-order valence-electron chi connectivity index (χ0n) is 17.1. The van der Waals surface area contributed by atoms with Crippen molar-refractivity contribution >= 4 is 20.2 Å². The fourth-order valence-electron chi connectivity index (χ4n) is 4.95. The summed E-state index contributed by atoms with van der Waals surface area (Å²) in [6, 6.07) is 8.81. The first-order valence-electron chi connectivity index (χ1n) is 11.1. The predicted molar refractivity (Wildman–Crippen MR) is 118 cm³/mol. The maximum Gasteiger partial charge on any atom is 0.0545 e. The summed E-state index contributed by atoms with van der Waals surface area (Å²) in [6.07, 6.45) is 10.5. The molecule has 1 aliphatic heterocycles. The van der Waals surface area contributed by atoms with Gasteiger partial charge in [0.25, 0.3) is 0 Å². The minimum atomic E-state index is 0.00694. The molecule has 0 amide bonds. The van der Waals surface area contributed by atoms with Crippen molar-refractivity contribution in [1.29, 1.82) is 0 Å². The number of rotatable bonds is 0. The Balaban J connectivity index is 0.000000755. The SMILES string of the molecule is [Cl][Mn][Cl].c1cc2nc(c1)CN[C@H]1CCCC[C@@H]1NCCN[C@H]1CCCC[C@@H]1NC2. The van der Waals surface area contributed by atoms with Gasteiger partial charge in [-0.2, -0.15) is 0 Å². The molecule has 4 rings (SSSR count). The molecular formula is C21H35Cl2MnN5. The molecule has 4 atom stereocenters. The number of aromatic nitrogens is 1. The Morgan fingerprint density at radius 2 is 1.07 bits per heavy atom. The number of hydrogen-bond donors (Lipinski definition) is 4. The maximum atomic E-state index is 4.89. The van der Waals surface area contributed by atoms with Crippen LogP contribution in [0.25, 0.3) is 0 Å². The van der Waals surface area contributed by atoms with Gasteiger partial charge < -0.3 is 21.3 Å². The maximum absolute atomic E-state index is 4.89. The Labute approximate surface area is 190 Å². The van der Waals surface area contributed by atoms with E-state index in [-0.39, 0.29) is 13.1 Å². The molecule has 0 unspecified atom stereocenters. The Morgan fingerprint density at radius 1 is 0.690 bits per heavy atom. The Morgan fingerprint density at radius 3 is 1.48 bits per heavy atom. The van der Waals surface area contributed by atoms with Crippen molar-refractivity contribution in [1.82, 2.24) is 26.3 Å². The second-order valence-electron chi connectivity index (χ2n) is 8.34. The quantitative estimate of drug-likeness (QED) is 0.426. The summed E-state index contributed by atoms with van der Waals surface area (Å²) in [5.74, 6) is 0. The van der Waals surface area contributed by atoms with Crippen molar-refractivity contribution in [3.63, 3.8) is 0 Å². The molecule has 1 aromatic heterocycles. The number of fused-ring (bicyclic) bond motifs is 4. The number of pyridine rings is 1. The first-order chi connectivity index (χ1) is 14.3. The molecule has 2 heterocycles. The topological polar surface area (TPSA) is 61.0 Å². The van der Waals surface area contributed by atoms with E-state index in [1.54, 1.807) is 0 Å². The van der Waals surface area contributed by atoms with Crippen molar-refractivity contribution in [2.45, 2.75) is 88.6 Å². The summed E-state index contributed by atoms with van der Waals surface area (Å²) in [5, 5.41) is 15.2. The largest absolute Gasteiger partial charge is 0.311 e. The molecule has 2 bridgehead atoms. The molecule has 8 heteroatoms. The van der Waals surface area contributed by atoms with Gasteiger partial charge in [0.05, 0.1) is 11.4 Å². The van der Waals surface area contributed by atoms with E-state index in [0.717, 1.165) is 26.2 Å². The van der Waals surface area contributed by atoms with Gasteiger partial charge in [-0.25, -0.2) is 0 Å². The van der Waals surface area contributed by atoms with Crippen molar-refractivity contribution < 1.29 is 13.1 Å². The average Bonchev–Trinajstić information content (AvgIpc) is 2.76. The van der Waals surface area contributed by atoms with Crippen molar-refractivity contribution in [2.75, 3.05) is 13.1 Å². The molecule has 29 heavy (non-hydrogen) atoms. The molecular weight excluding hydrogens is 448 g/mol. The zero-order chi connectivity index (χ0) is 20.3. The van der Waals surface area contributed by atoms with Crippen LogP contribution < -0.4 is 21.3 Å². The van der Waals surface area contributed by atoms with Gasteiger partial charge in [-0.1, -0.05) is 31.7 Å². The Bertz CT molecular complexity index is 549. The van der Waals surface area contributed by atoms with Crippen LogP contribution in [0.5, 0.6) is 0 Å². The molecule has 0 aromatic carbocycles. The molecule has 3 aliphatic rings. The first kappa shape index (κ1) is 23.7. The number of halogens is 2. The van der Waals surface area contributed by atoms with E-state index in [1.165, 1.54) is 62.8 Å². The third kappa shape index (κ3) is 7.93. The smallest absolute Gasteiger partial charge is 0.0545 e. The van der Waals surface area contributed by atoms with Gasteiger partial charge >= 0.3 is 33.3 Å². The number of nitrogens with zero attached hydrogens (tertiary/aromatic N) is 1. The molecule has 4 N–H and O–H groups in total. The summed E-state index contributed by atoms with van der Waals surface area (Å²) in [6.45, 7) is 3.89. The molecule has 0 radical (unpaired) electrons. The van der Waals surface area contributed by atoms with Crippen LogP contribution in [0.1, 0.15) is 62.8 Å².